The fourth-order valence-corrected chi connectivity index (χ4v) is 5.57. The lowest BCUT2D eigenvalue weighted by molar-refractivity contribution is 0.240. The maximum absolute atomic E-state index is 5.85. The maximum Gasteiger partial charge on any atom is 0.337 e. The van der Waals surface area contributed by atoms with Crippen molar-refractivity contribution < 1.29 is 8.85 Å². The Hall–Kier alpha value is -1.82. The molecule has 2 rings (SSSR count). The van der Waals surface area contributed by atoms with Crippen LogP contribution in [-0.2, 0) is 8.85 Å². The first-order valence-corrected chi connectivity index (χ1v) is 11.2. The summed E-state index contributed by atoms with van der Waals surface area (Å²) in [7, 11) is 1.49. The molecule has 2 aromatic rings. The number of hydrogen-bond acceptors (Lipinski definition) is 4. The molecule has 2 aromatic carbocycles. The third kappa shape index (κ3) is 6.90. The topological polar surface area (TPSA) is 42.5 Å². The Bertz CT molecular complexity index is 527. The molecule has 0 aliphatic carbocycles. The standard InChI is InChI=1S/C20H30N2O2Si/c1-23-25(24-2,17-9-15-21-19-11-5-3-6-12-19)18-10-16-22-20-13-7-4-8-14-20/h3-8,11-14,21-22H,9-10,15-18H2,1-2H3. The van der Waals surface area contributed by atoms with E-state index in [9.17, 15) is 0 Å². The van der Waals surface area contributed by atoms with E-state index < -0.39 is 8.56 Å². The van der Waals surface area contributed by atoms with Crippen molar-refractivity contribution in [2.45, 2.75) is 24.9 Å². The monoisotopic (exact) mass is 358 g/mol. The van der Waals surface area contributed by atoms with Crippen LogP contribution >= 0.6 is 0 Å². The summed E-state index contributed by atoms with van der Waals surface area (Å²) in [6, 6.07) is 22.6. The molecule has 136 valence electrons. The van der Waals surface area contributed by atoms with Crippen molar-refractivity contribution in [2.24, 2.45) is 0 Å². The van der Waals surface area contributed by atoms with Crippen molar-refractivity contribution in [2.75, 3.05) is 37.9 Å². The van der Waals surface area contributed by atoms with Crippen molar-refractivity contribution >= 4 is 19.9 Å². The summed E-state index contributed by atoms with van der Waals surface area (Å²) in [4.78, 5) is 0. The quantitative estimate of drug-likeness (QED) is 0.425. The fraction of sp³-hybridized carbons (Fsp3) is 0.400. The highest BCUT2D eigenvalue weighted by atomic mass is 28.4. The molecule has 0 fully saturated rings. The molecule has 5 heteroatoms. The zero-order valence-corrected chi connectivity index (χ0v) is 16.3. The van der Waals surface area contributed by atoms with Crippen LogP contribution in [0.3, 0.4) is 0 Å². The van der Waals surface area contributed by atoms with E-state index in [2.05, 4.69) is 34.9 Å². The third-order valence-corrected chi connectivity index (χ3v) is 8.14. The van der Waals surface area contributed by atoms with Crippen LogP contribution < -0.4 is 10.6 Å². The summed E-state index contributed by atoms with van der Waals surface area (Å²) < 4.78 is 11.7. The molecule has 0 aromatic heterocycles. The van der Waals surface area contributed by atoms with Gasteiger partial charge in [-0.25, -0.2) is 0 Å². The Balaban J connectivity index is 1.69. The predicted molar refractivity (Wildman–Crippen MR) is 108 cm³/mol. The Morgan fingerprint density at radius 2 is 1.08 bits per heavy atom. The van der Waals surface area contributed by atoms with E-state index in [4.69, 9.17) is 8.85 Å². The summed E-state index contributed by atoms with van der Waals surface area (Å²) >= 11 is 0. The molecule has 2 N–H and O–H groups in total. The van der Waals surface area contributed by atoms with E-state index in [0.717, 1.165) is 49.4 Å². The van der Waals surface area contributed by atoms with Gasteiger partial charge in [0.1, 0.15) is 0 Å². The van der Waals surface area contributed by atoms with Crippen molar-refractivity contribution in [1.29, 1.82) is 0 Å². The summed E-state index contributed by atoms with van der Waals surface area (Å²) in [6.07, 6.45) is 2.10. The van der Waals surface area contributed by atoms with Crippen molar-refractivity contribution in [3.8, 4) is 0 Å². The average molecular weight is 359 g/mol. The van der Waals surface area contributed by atoms with E-state index in [1.807, 2.05) is 36.4 Å². The molecule has 0 bridgehead atoms. The molecular weight excluding hydrogens is 328 g/mol. The van der Waals surface area contributed by atoms with Gasteiger partial charge in [0.25, 0.3) is 0 Å². The fourth-order valence-electron chi connectivity index (χ4n) is 2.91. The number of hydrogen-bond donors (Lipinski definition) is 2. The Morgan fingerprint density at radius 1 is 0.680 bits per heavy atom. The summed E-state index contributed by atoms with van der Waals surface area (Å²) in [5.41, 5.74) is 2.33. The molecule has 0 radical (unpaired) electrons. The smallest absolute Gasteiger partial charge is 0.337 e. The number of nitrogens with one attached hydrogen (secondary N) is 2. The number of para-hydroxylation sites is 2. The van der Waals surface area contributed by atoms with Gasteiger partial charge >= 0.3 is 8.56 Å². The van der Waals surface area contributed by atoms with Gasteiger partial charge in [0.2, 0.25) is 0 Å². The molecule has 0 unspecified atom stereocenters. The molecule has 0 spiro atoms. The van der Waals surface area contributed by atoms with Gasteiger partial charge in [-0.1, -0.05) is 36.4 Å². The SMILES string of the molecule is CO[Si](CCCNc1ccccc1)(CCCNc1ccccc1)OC. The van der Waals surface area contributed by atoms with Crippen molar-refractivity contribution in [3.63, 3.8) is 0 Å². The zero-order valence-electron chi connectivity index (χ0n) is 15.3. The van der Waals surface area contributed by atoms with Crippen LogP contribution in [0, 0.1) is 0 Å². The van der Waals surface area contributed by atoms with Gasteiger partial charge in [-0.15, -0.1) is 0 Å². The highest BCUT2D eigenvalue weighted by Gasteiger charge is 2.34. The van der Waals surface area contributed by atoms with Crippen molar-refractivity contribution in [1.82, 2.24) is 0 Å². The molecule has 0 aliphatic rings. The molecule has 0 saturated heterocycles. The highest BCUT2D eigenvalue weighted by Crippen LogP contribution is 2.22. The number of rotatable bonds is 12. The van der Waals surface area contributed by atoms with Crippen LogP contribution in [0.15, 0.2) is 60.7 Å². The summed E-state index contributed by atoms with van der Waals surface area (Å²) in [5, 5.41) is 6.91. The van der Waals surface area contributed by atoms with Gasteiger partial charge in [-0.05, 0) is 49.2 Å². The molecule has 25 heavy (non-hydrogen) atoms. The molecule has 0 heterocycles. The van der Waals surface area contributed by atoms with Gasteiger partial charge in [-0.3, -0.25) is 0 Å². The normalized spacial score (nSPS) is 11.3. The van der Waals surface area contributed by atoms with Crippen LogP contribution in [-0.4, -0.2) is 35.9 Å². The number of benzene rings is 2. The first-order valence-electron chi connectivity index (χ1n) is 8.96. The minimum Gasteiger partial charge on any atom is -0.398 e. The molecular formula is C20H30N2O2Si. The molecule has 4 nitrogen and oxygen atoms in total. The lowest BCUT2D eigenvalue weighted by Gasteiger charge is -2.27. The molecule has 0 aliphatic heterocycles. The maximum atomic E-state index is 5.85. The van der Waals surface area contributed by atoms with Crippen LogP contribution in [0.5, 0.6) is 0 Å². The average Bonchev–Trinajstić information content (AvgIpc) is 2.69. The minimum atomic E-state index is -2.10. The second kappa shape index (κ2) is 10.9. The van der Waals surface area contributed by atoms with Gasteiger partial charge in [0.15, 0.2) is 0 Å². The number of anilines is 2. The van der Waals surface area contributed by atoms with Crippen LogP contribution in [0.25, 0.3) is 0 Å². The minimum absolute atomic E-state index is 0.938. The largest absolute Gasteiger partial charge is 0.398 e. The van der Waals surface area contributed by atoms with Crippen LogP contribution in [0.1, 0.15) is 12.8 Å². The Morgan fingerprint density at radius 3 is 1.44 bits per heavy atom. The van der Waals surface area contributed by atoms with Crippen LogP contribution in [0.4, 0.5) is 11.4 Å². The first kappa shape index (κ1) is 19.5. The van der Waals surface area contributed by atoms with Crippen LogP contribution in [0.2, 0.25) is 12.1 Å². The van der Waals surface area contributed by atoms with E-state index in [0.29, 0.717) is 0 Å². The first-order chi connectivity index (χ1) is 12.3. The molecule has 0 atom stereocenters. The Labute approximate surface area is 152 Å². The van der Waals surface area contributed by atoms with Gasteiger partial charge in [0, 0.05) is 38.7 Å². The van der Waals surface area contributed by atoms with Gasteiger partial charge < -0.3 is 19.5 Å². The summed E-state index contributed by atoms with van der Waals surface area (Å²) in [5.74, 6) is 0. The van der Waals surface area contributed by atoms with E-state index in [1.54, 1.807) is 14.2 Å². The Kier molecular flexibility index (Phi) is 8.52. The van der Waals surface area contributed by atoms with Gasteiger partial charge in [0.05, 0.1) is 0 Å². The van der Waals surface area contributed by atoms with E-state index >= 15 is 0 Å². The van der Waals surface area contributed by atoms with E-state index in [1.165, 1.54) is 0 Å². The second-order valence-corrected chi connectivity index (χ2v) is 9.75. The molecule has 0 saturated carbocycles. The lowest BCUT2D eigenvalue weighted by Crippen LogP contribution is -2.40. The molecule has 0 amide bonds. The lowest BCUT2D eigenvalue weighted by atomic mass is 10.3. The zero-order chi connectivity index (χ0) is 17.8. The highest BCUT2D eigenvalue weighted by molar-refractivity contribution is 6.67. The van der Waals surface area contributed by atoms with Crippen molar-refractivity contribution in [3.05, 3.63) is 60.7 Å². The van der Waals surface area contributed by atoms with E-state index in [-0.39, 0.29) is 0 Å². The van der Waals surface area contributed by atoms with Gasteiger partial charge in [-0.2, -0.15) is 0 Å². The summed E-state index contributed by atoms with van der Waals surface area (Å²) in [6.45, 7) is 1.88. The third-order valence-electron chi connectivity index (χ3n) is 4.42. The second-order valence-electron chi connectivity index (χ2n) is 6.11. The predicted octanol–water partition coefficient (Wildman–Crippen LogP) is 4.73.